The molecule has 4 aromatic rings. The maximum Gasteiger partial charge on any atom is 0.338 e. The Kier molecular flexibility index (Phi) is 6.14. The number of amides is 1. The first-order valence-electron chi connectivity index (χ1n) is 11.4. The van der Waals surface area contributed by atoms with Crippen LogP contribution in [0.3, 0.4) is 0 Å². The molecule has 0 N–H and O–H groups in total. The average molecular weight is 488 g/mol. The van der Waals surface area contributed by atoms with E-state index in [1.165, 1.54) is 4.90 Å². The molecule has 0 saturated heterocycles. The fraction of sp³-hybridized carbons (Fsp3) is 0.179. The average Bonchev–Trinajstić information content (AvgIpc) is 3.17. The Morgan fingerprint density at radius 2 is 1.71 bits per heavy atom. The summed E-state index contributed by atoms with van der Waals surface area (Å²) in [6.07, 6.45) is 1.72. The minimum absolute atomic E-state index is 0.0108. The summed E-state index contributed by atoms with van der Waals surface area (Å²) in [7, 11) is 0. The lowest BCUT2D eigenvalue weighted by Crippen LogP contribution is -2.29. The number of esters is 1. The lowest BCUT2D eigenvalue weighted by molar-refractivity contribution is 0.0499. The molecule has 2 heterocycles. The zero-order chi connectivity index (χ0) is 24.5. The van der Waals surface area contributed by atoms with Gasteiger partial charge in [0, 0.05) is 10.7 Å². The summed E-state index contributed by atoms with van der Waals surface area (Å²) < 4.78 is 11.2. The third-order valence-electron chi connectivity index (χ3n) is 6.08. The molecule has 3 aromatic carbocycles. The van der Waals surface area contributed by atoms with Crippen LogP contribution >= 0.6 is 11.6 Å². The molecule has 1 unspecified atom stereocenters. The van der Waals surface area contributed by atoms with E-state index in [1.54, 1.807) is 72.8 Å². The standard InChI is InChI=1S/C28H22ClNO5/c1-2-3-16-34-28(33)18-10-14-20(15-11-18)30-24(17-8-12-19(29)13-9-17)23-25(31)21-6-4-5-7-22(21)35-26(23)27(30)32/h4-15,24H,2-3,16H2,1H3. The number of hydrogen-bond acceptors (Lipinski definition) is 5. The number of halogens is 1. The number of hydrogen-bond donors (Lipinski definition) is 0. The maximum atomic E-state index is 13.6. The Morgan fingerprint density at radius 3 is 2.43 bits per heavy atom. The van der Waals surface area contributed by atoms with Gasteiger partial charge >= 0.3 is 5.97 Å². The number of unbranched alkanes of at least 4 members (excludes halogenated alkanes) is 1. The Labute approximate surface area is 206 Å². The molecule has 0 radical (unpaired) electrons. The van der Waals surface area contributed by atoms with E-state index in [1.807, 2.05) is 6.92 Å². The first-order valence-corrected chi connectivity index (χ1v) is 11.8. The summed E-state index contributed by atoms with van der Waals surface area (Å²) in [5.74, 6) is -0.837. The number of para-hydroxylation sites is 1. The van der Waals surface area contributed by atoms with E-state index in [2.05, 4.69) is 0 Å². The van der Waals surface area contributed by atoms with Crippen LogP contribution in [0.5, 0.6) is 0 Å². The van der Waals surface area contributed by atoms with Crippen LogP contribution in [0.4, 0.5) is 5.69 Å². The van der Waals surface area contributed by atoms with Gasteiger partial charge < -0.3 is 9.15 Å². The van der Waals surface area contributed by atoms with Crippen molar-refractivity contribution >= 4 is 40.1 Å². The van der Waals surface area contributed by atoms with Gasteiger partial charge in [0.2, 0.25) is 5.76 Å². The SMILES string of the molecule is CCCCOC(=O)c1ccc(N2C(=O)c3oc4ccccc4c(=O)c3C2c2ccc(Cl)cc2)cc1. The number of carbonyl (C=O) groups excluding carboxylic acids is 2. The summed E-state index contributed by atoms with van der Waals surface area (Å²) in [6, 6.07) is 19.8. The van der Waals surface area contributed by atoms with E-state index in [9.17, 15) is 14.4 Å². The molecule has 0 aliphatic carbocycles. The molecular weight excluding hydrogens is 466 g/mol. The molecule has 5 rings (SSSR count). The third kappa shape index (κ3) is 4.10. The van der Waals surface area contributed by atoms with Crippen molar-refractivity contribution in [2.75, 3.05) is 11.5 Å². The van der Waals surface area contributed by atoms with Gasteiger partial charge in [0.05, 0.1) is 29.2 Å². The predicted octanol–water partition coefficient (Wildman–Crippen LogP) is 6.15. The molecule has 1 aromatic heterocycles. The molecular formula is C28H22ClNO5. The second kappa shape index (κ2) is 9.39. The fourth-order valence-electron chi connectivity index (χ4n) is 4.30. The van der Waals surface area contributed by atoms with Gasteiger partial charge in [-0.25, -0.2) is 4.79 Å². The van der Waals surface area contributed by atoms with Gasteiger partial charge in [0.25, 0.3) is 5.91 Å². The fourth-order valence-corrected chi connectivity index (χ4v) is 4.42. The quantitative estimate of drug-likeness (QED) is 0.241. The van der Waals surface area contributed by atoms with Crippen molar-refractivity contribution in [1.29, 1.82) is 0 Å². The third-order valence-corrected chi connectivity index (χ3v) is 6.33. The molecule has 1 aliphatic heterocycles. The second-order valence-corrected chi connectivity index (χ2v) is 8.77. The van der Waals surface area contributed by atoms with E-state index in [4.69, 9.17) is 20.8 Å². The van der Waals surface area contributed by atoms with Crippen molar-refractivity contribution in [2.24, 2.45) is 0 Å². The summed E-state index contributed by atoms with van der Waals surface area (Å²) in [5, 5.41) is 0.950. The number of nitrogens with zero attached hydrogens (tertiary/aromatic N) is 1. The van der Waals surface area contributed by atoms with Crippen LogP contribution in [-0.4, -0.2) is 18.5 Å². The van der Waals surface area contributed by atoms with Gasteiger partial charge in [-0.15, -0.1) is 0 Å². The summed E-state index contributed by atoms with van der Waals surface area (Å²) >= 11 is 6.10. The van der Waals surface area contributed by atoms with E-state index >= 15 is 0 Å². The Hall–Kier alpha value is -3.90. The Balaban J connectivity index is 1.60. The molecule has 35 heavy (non-hydrogen) atoms. The molecule has 1 atom stereocenters. The van der Waals surface area contributed by atoms with Gasteiger partial charge in [-0.1, -0.05) is 49.2 Å². The van der Waals surface area contributed by atoms with Gasteiger partial charge in [0.15, 0.2) is 5.43 Å². The molecule has 1 amide bonds. The highest BCUT2D eigenvalue weighted by Crippen LogP contribution is 2.41. The van der Waals surface area contributed by atoms with Crippen molar-refractivity contribution in [2.45, 2.75) is 25.8 Å². The normalized spacial score (nSPS) is 14.9. The highest BCUT2D eigenvalue weighted by Gasteiger charge is 2.43. The molecule has 6 nitrogen and oxygen atoms in total. The van der Waals surface area contributed by atoms with E-state index < -0.39 is 17.9 Å². The number of carbonyl (C=O) groups is 2. The zero-order valence-electron chi connectivity index (χ0n) is 19.0. The van der Waals surface area contributed by atoms with Crippen LogP contribution in [0.25, 0.3) is 11.0 Å². The van der Waals surface area contributed by atoms with Gasteiger partial charge in [0.1, 0.15) is 5.58 Å². The van der Waals surface area contributed by atoms with E-state index in [-0.39, 0.29) is 16.8 Å². The number of fused-ring (bicyclic) bond motifs is 2. The topological polar surface area (TPSA) is 76.8 Å². The highest BCUT2D eigenvalue weighted by atomic mass is 35.5. The number of ether oxygens (including phenoxy) is 1. The lowest BCUT2D eigenvalue weighted by Gasteiger charge is -2.25. The van der Waals surface area contributed by atoms with Crippen molar-refractivity contribution in [3.63, 3.8) is 0 Å². The van der Waals surface area contributed by atoms with Crippen molar-refractivity contribution in [3.05, 3.63) is 110 Å². The predicted molar refractivity (Wildman–Crippen MR) is 134 cm³/mol. The second-order valence-electron chi connectivity index (χ2n) is 8.34. The monoisotopic (exact) mass is 487 g/mol. The smallest absolute Gasteiger partial charge is 0.338 e. The first kappa shape index (κ1) is 22.9. The Bertz CT molecular complexity index is 1470. The minimum atomic E-state index is -0.710. The van der Waals surface area contributed by atoms with Crippen LogP contribution in [0.15, 0.2) is 82.0 Å². The first-order chi connectivity index (χ1) is 17.0. The van der Waals surface area contributed by atoms with Crippen molar-refractivity contribution in [3.8, 4) is 0 Å². The molecule has 176 valence electrons. The molecule has 7 heteroatoms. The summed E-state index contributed by atoms with van der Waals surface area (Å²) in [4.78, 5) is 41.0. The van der Waals surface area contributed by atoms with Crippen LogP contribution < -0.4 is 10.3 Å². The molecule has 0 saturated carbocycles. The van der Waals surface area contributed by atoms with Gasteiger partial charge in [-0.05, 0) is 60.5 Å². The highest BCUT2D eigenvalue weighted by molar-refractivity contribution is 6.30. The molecule has 0 fully saturated rings. The van der Waals surface area contributed by atoms with E-state index in [0.29, 0.717) is 39.4 Å². The van der Waals surface area contributed by atoms with Gasteiger partial charge in [-0.2, -0.15) is 0 Å². The lowest BCUT2D eigenvalue weighted by atomic mass is 9.98. The van der Waals surface area contributed by atoms with Crippen LogP contribution in [0.1, 0.15) is 57.8 Å². The van der Waals surface area contributed by atoms with Gasteiger partial charge in [-0.3, -0.25) is 14.5 Å². The minimum Gasteiger partial charge on any atom is -0.462 e. The molecule has 0 bridgehead atoms. The summed E-state index contributed by atoms with van der Waals surface area (Å²) in [6.45, 7) is 2.38. The number of benzene rings is 3. The van der Waals surface area contributed by atoms with Crippen LogP contribution in [0, 0.1) is 0 Å². The largest absolute Gasteiger partial charge is 0.462 e. The molecule has 1 aliphatic rings. The number of anilines is 1. The van der Waals surface area contributed by atoms with E-state index in [0.717, 1.165) is 12.8 Å². The van der Waals surface area contributed by atoms with Crippen LogP contribution in [-0.2, 0) is 4.74 Å². The molecule has 0 spiro atoms. The zero-order valence-corrected chi connectivity index (χ0v) is 19.7. The van der Waals surface area contributed by atoms with Crippen molar-refractivity contribution in [1.82, 2.24) is 0 Å². The van der Waals surface area contributed by atoms with Crippen LogP contribution in [0.2, 0.25) is 5.02 Å². The maximum absolute atomic E-state index is 13.6. The number of rotatable bonds is 6. The Morgan fingerprint density at radius 1 is 1.00 bits per heavy atom. The van der Waals surface area contributed by atoms with Crippen molar-refractivity contribution < 1.29 is 18.7 Å². The summed E-state index contributed by atoms with van der Waals surface area (Å²) in [5.41, 5.74) is 2.00.